The van der Waals surface area contributed by atoms with Crippen LogP contribution in [0.2, 0.25) is 0 Å². The van der Waals surface area contributed by atoms with Gasteiger partial charge in [0.1, 0.15) is 29.5 Å². The molecule has 0 bridgehead atoms. The van der Waals surface area contributed by atoms with E-state index >= 15 is 0 Å². The van der Waals surface area contributed by atoms with E-state index in [1.165, 1.54) is 6.33 Å². The minimum Gasteiger partial charge on any atom is -0.457 e. The molecule has 0 aliphatic heterocycles. The third kappa shape index (κ3) is 6.11. The van der Waals surface area contributed by atoms with Crippen molar-refractivity contribution in [1.29, 1.82) is 0 Å². The molecule has 1 heterocycles. The molecule has 1 aliphatic rings. The van der Waals surface area contributed by atoms with E-state index in [2.05, 4.69) is 20.6 Å². The van der Waals surface area contributed by atoms with Crippen LogP contribution in [0.1, 0.15) is 12.8 Å². The van der Waals surface area contributed by atoms with Crippen LogP contribution in [0.4, 0.5) is 11.6 Å². The van der Waals surface area contributed by atoms with Crippen LogP contribution in [0, 0.1) is 0 Å². The van der Waals surface area contributed by atoms with E-state index in [1.54, 1.807) is 6.08 Å². The standard InChI is InChI=1S/C26H30N6O2/c1-32(2)14-6-9-23(33)30-19-15-20(16-19)31-26-24(25(27)28-17-29-26)18-10-12-22(13-11-18)34-21-7-4-3-5-8-21/h3-13,17,19-20H,14-16H2,1-2H3,(H,30,33)(H3,27,28,29,31)/b9-6+. The van der Waals surface area contributed by atoms with Crippen LogP contribution < -0.4 is 21.1 Å². The Balaban J connectivity index is 1.37. The number of anilines is 2. The first-order chi connectivity index (χ1) is 16.5. The summed E-state index contributed by atoms with van der Waals surface area (Å²) < 4.78 is 5.88. The summed E-state index contributed by atoms with van der Waals surface area (Å²) in [6.07, 6.45) is 6.55. The first kappa shape index (κ1) is 23.3. The summed E-state index contributed by atoms with van der Waals surface area (Å²) in [5, 5.41) is 6.50. The number of aromatic nitrogens is 2. The Hall–Kier alpha value is -3.91. The van der Waals surface area contributed by atoms with Gasteiger partial charge in [-0.25, -0.2) is 9.97 Å². The molecule has 2 aromatic carbocycles. The highest BCUT2D eigenvalue weighted by atomic mass is 16.5. The quantitative estimate of drug-likeness (QED) is 0.420. The number of hydrogen-bond acceptors (Lipinski definition) is 7. The van der Waals surface area contributed by atoms with Gasteiger partial charge in [-0.2, -0.15) is 0 Å². The molecule has 8 heteroatoms. The zero-order chi connectivity index (χ0) is 23.9. The predicted molar refractivity (Wildman–Crippen MR) is 135 cm³/mol. The number of hydrogen-bond donors (Lipinski definition) is 3. The molecule has 1 aromatic heterocycles. The van der Waals surface area contributed by atoms with Crippen molar-refractivity contribution in [1.82, 2.24) is 20.2 Å². The minimum absolute atomic E-state index is 0.0601. The van der Waals surface area contributed by atoms with Crippen molar-refractivity contribution in [2.24, 2.45) is 0 Å². The van der Waals surface area contributed by atoms with Gasteiger partial charge in [-0.15, -0.1) is 0 Å². The molecule has 34 heavy (non-hydrogen) atoms. The normalized spacial score (nSPS) is 17.4. The number of likely N-dealkylation sites (N-methyl/N-ethyl adjacent to an activating group) is 1. The Labute approximate surface area is 199 Å². The Morgan fingerprint density at radius 3 is 2.47 bits per heavy atom. The van der Waals surface area contributed by atoms with E-state index in [0.29, 0.717) is 11.6 Å². The van der Waals surface area contributed by atoms with Crippen molar-refractivity contribution in [2.45, 2.75) is 24.9 Å². The summed E-state index contributed by atoms with van der Waals surface area (Å²) in [5.74, 6) is 2.54. The van der Waals surface area contributed by atoms with Crippen LogP contribution in [0.25, 0.3) is 11.1 Å². The predicted octanol–water partition coefficient (Wildman–Crippen LogP) is 3.70. The highest BCUT2D eigenvalue weighted by Crippen LogP contribution is 2.34. The van der Waals surface area contributed by atoms with Crippen molar-refractivity contribution in [3.63, 3.8) is 0 Å². The smallest absolute Gasteiger partial charge is 0.243 e. The molecular weight excluding hydrogens is 428 g/mol. The fourth-order valence-electron chi connectivity index (χ4n) is 3.77. The van der Waals surface area contributed by atoms with Gasteiger partial charge in [0, 0.05) is 24.7 Å². The van der Waals surface area contributed by atoms with Crippen LogP contribution >= 0.6 is 0 Å². The van der Waals surface area contributed by atoms with Crippen molar-refractivity contribution in [3.8, 4) is 22.6 Å². The second kappa shape index (κ2) is 10.8. The lowest BCUT2D eigenvalue weighted by atomic mass is 9.86. The maximum atomic E-state index is 12.0. The molecule has 1 aliphatic carbocycles. The van der Waals surface area contributed by atoms with Gasteiger partial charge in [0.25, 0.3) is 0 Å². The number of nitrogens with one attached hydrogen (secondary N) is 2. The summed E-state index contributed by atoms with van der Waals surface area (Å²) in [6.45, 7) is 0.736. The molecule has 1 amide bonds. The number of amides is 1. The number of carbonyl (C=O) groups is 1. The molecule has 8 nitrogen and oxygen atoms in total. The van der Waals surface area contributed by atoms with E-state index < -0.39 is 0 Å². The van der Waals surface area contributed by atoms with Crippen LogP contribution in [0.5, 0.6) is 11.5 Å². The average molecular weight is 459 g/mol. The SMILES string of the molecule is CN(C)C/C=C/C(=O)NC1CC(Nc2ncnc(N)c2-c2ccc(Oc3ccccc3)cc2)C1. The molecule has 1 fully saturated rings. The van der Waals surface area contributed by atoms with Crippen LogP contribution in [-0.2, 0) is 4.79 Å². The van der Waals surface area contributed by atoms with Crippen LogP contribution in [0.3, 0.4) is 0 Å². The maximum Gasteiger partial charge on any atom is 0.243 e. The molecular formula is C26H30N6O2. The largest absolute Gasteiger partial charge is 0.457 e. The van der Waals surface area contributed by atoms with Crippen molar-refractivity contribution >= 4 is 17.5 Å². The first-order valence-electron chi connectivity index (χ1n) is 11.3. The Morgan fingerprint density at radius 1 is 1.06 bits per heavy atom. The van der Waals surface area contributed by atoms with Gasteiger partial charge in [0.05, 0.1) is 5.56 Å². The zero-order valence-electron chi connectivity index (χ0n) is 19.4. The van der Waals surface area contributed by atoms with Gasteiger partial charge in [0.2, 0.25) is 5.91 Å². The fraction of sp³-hybridized carbons (Fsp3) is 0.269. The molecule has 4 N–H and O–H groups in total. The number of ether oxygens (including phenoxy) is 1. The number of carbonyl (C=O) groups excluding carboxylic acids is 1. The molecule has 4 rings (SSSR count). The van der Waals surface area contributed by atoms with Crippen LogP contribution in [-0.4, -0.2) is 53.5 Å². The summed E-state index contributed by atoms with van der Waals surface area (Å²) in [5.41, 5.74) is 7.88. The lowest BCUT2D eigenvalue weighted by Gasteiger charge is -2.36. The molecule has 3 aromatic rings. The zero-order valence-corrected chi connectivity index (χ0v) is 19.4. The Kier molecular flexibility index (Phi) is 7.39. The van der Waals surface area contributed by atoms with Crippen LogP contribution in [0.15, 0.2) is 73.1 Å². The number of nitrogen functional groups attached to an aromatic ring is 1. The number of nitrogens with two attached hydrogens (primary N) is 1. The summed E-state index contributed by atoms with van der Waals surface area (Å²) >= 11 is 0. The number of benzene rings is 2. The Morgan fingerprint density at radius 2 is 1.76 bits per heavy atom. The summed E-state index contributed by atoms with van der Waals surface area (Å²) in [7, 11) is 3.93. The number of para-hydroxylation sites is 1. The number of rotatable bonds is 9. The van der Waals surface area contributed by atoms with Crippen molar-refractivity contribution in [3.05, 3.63) is 73.1 Å². The highest BCUT2D eigenvalue weighted by Gasteiger charge is 2.31. The van der Waals surface area contributed by atoms with Crippen molar-refractivity contribution in [2.75, 3.05) is 31.7 Å². The second-order valence-electron chi connectivity index (χ2n) is 8.60. The van der Waals surface area contributed by atoms with Gasteiger partial charge in [-0.3, -0.25) is 4.79 Å². The Bertz CT molecular complexity index is 1130. The van der Waals surface area contributed by atoms with E-state index in [1.807, 2.05) is 79.7 Å². The molecule has 0 unspecified atom stereocenters. The number of nitrogens with zero attached hydrogens (tertiary/aromatic N) is 3. The van der Waals surface area contributed by atoms with Gasteiger partial charge in [0.15, 0.2) is 0 Å². The van der Waals surface area contributed by atoms with E-state index in [0.717, 1.165) is 42.0 Å². The third-order valence-electron chi connectivity index (χ3n) is 5.56. The van der Waals surface area contributed by atoms with Gasteiger partial charge in [-0.05, 0) is 56.8 Å². The third-order valence-corrected chi connectivity index (χ3v) is 5.56. The molecule has 1 saturated carbocycles. The van der Waals surface area contributed by atoms with Gasteiger partial charge >= 0.3 is 0 Å². The van der Waals surface area contributed by atoms with Crippen molar-refractivity contribution < 1.29 is 9.53 Å². The topological polar surface area (TPSA) is 105 Å². The lowest BCUT2D eigenvalue weighted by molar-refractivity contribution is -0.117. The monoisotopic (exact) mass is 458 g/mol. The minimum atomic E-state index is -0.0601. The lowest BCUT2D eigenvalue weighted by Crippen LogP contribution is -2.49. The molecule has 176 valence electrons. The summed E-state index contributed by atoms with van der Waals surface area (Å²) in [4.78, 5) is 22.7. The maximum absolute atomic E-state index is 12.0. The molecule has 0 radical (unpaired) electrons. The molecule has 0 saturated heterocycles. The van der Waals surface area contributed by atoms with E-state index in [9.17, 15) is 4.79 Å². The fourth-order valence-corrected chi connectivity index (χ4v) is 3.77. The summed E-state index contributed by atoms with van der Waals surface area (Å²) in [6, 6.07) is 17.7. The van der Waals surface area contributed by atoms with Gasteiger partial charge in [-0.1, -0.05) is 36.4 Å². The first-order valence-corrected chi connectivity index (χ1v) is 11.3. The van der Waals surface area contributed by atoms with E-state index in [4.69, 9.17) is 10.5 Å². The molecule has 0 atom stereocenters. The van der Waals surface area contributed by atoms with E-state index in [-0.39, 0.29) is 18.0 Å². The highest BCUT2D eigenvalue weighted by molar-refractivity contribution is 5.88. The average Bonchev–Trinajstić information content (AvgIpc) is 2.79. The second-order valence-corrected chi connectivity index (χ2v) is 8.60. The molecule has 0 spiro atoms. The van der Waals surface area contributed by atoms with Gasteiger partial charge < -0.3 is 26.0 Å².